The monoisotopic (exact) mass is 268 g/mol. The molecule has 0 nitrogen and oxygen atoms in total. The van der Waals surface area contributed by atoms with Crippen molar-refractivity contribution >= 4 is 27.7 Å². The lowest BCUT2D eigenvalue weighted by Crippen LogP contribution is -1.81. The fourth-order valence-corrected chi connectivity index (χ4v) is 2.49. The second kappa shape index (κ2) is 4.54. The molecule has 0 aromatic heterocycles. The van der Waals surface area contributed by atoms with Gasteiger partial charge >= 0.3 is 0 Å². The molecule has 0 saturated heterocycles. The van der Waals surface area contributed by atoms with Crippen LogP contribution in [0.25, 0.3) is 0 Å². The Morgan fingerprint density at radius 2 is 1.93 bits per heavy atom. The van der Waals surface area contributed by atoms with Crippen molar-refractivity contribution in [1.29, 1.82) is 0 Å². The van der Waals surface area contributed by atoms with E-state index in [9.17, 15) is 0 Å². The molecule has 0 spiro atoms. The maximum absolute atomic E-state index is 3.44. The maximum Gasteiger partial charge on any atom is 0.0190 e. The molecule has 74 valence electrons. The van der Waals surface area contributed by atoms with Gasteiger partial charge in [0, 0.05) is 15.1 Å². The van der Waals surface area contributed by atoms with E-state index in [-0.39, 0.29) is 0 Å². The zero-order valence-electron chi connectivity index (χ0n) is 8.22. The number of rotatable bonds is 3. The Kier molecular flexibility index (Phi) is 3.34. The predicted octanol–water partition coefficient (Wildman–Crippen LogP) is 4.65. The molecule has 0 atom stereocenters. The summed E-state index contributed by atoms with van der Waals surface area (Å²) < 4.78 is 1.15. The van der Waals surface area contributed by atoms with Crippen molar-refractivity contribution in [2.45, 2.75) is 24.7 Å². The summed E-state index contributed by atoms with van der Waals surface area (Å²) in [6.45, 7) is 2.26. The summed E-state index contributed by atoms with van der Waals surface area (Å²) in [6, 6.07) is 8.53. The van der Waals surface area contributed by atoms with Crippen LogP contribution in [0.1, 0.15) is 19.8 Å². The summed E-state index contributed by atoms with van der Waals surface area (Å²) in [6.07, 6.45) is 2.68. The van der Waals surface area contributed by atoms with Crippen molar-refractivity contribution in [3.05, 3.63) is 39.9 Å². The van der Waals surface area contributed by atoms with Crippen LogP contribution in [-0.4, -0.2) is 5.75 Å². The molecule has 1 fully saturated rings. The van der Waals surface area contributed by atoms with Gasteiger partial charge in [0.25, 0.3) is 0 Å². The van der Waals surface area contributed by atoms with Gasteiger partial charge in [0.1, 0.15) is 0 Å². The van der Waals surface area contributed by atoms with Gasteiger partial charge in [-0.25, -0.2) is 0 Å². The highest BCUT2D eigenvalue weighted by molar-refractivity contribution is 9.10. The number of allylic oxidation sites excluding steroid dienone is 1. The number of halogens is 1. The van der Waals surface area contributed by atoms with Gasteiger partial charge in [0.2, 0.25) is 0 Å². The van der Waals surface area contributed by atoms with Crippen LogP contribution in [0.15, 0.2) is 44.8 Å². The topological polar surface area (TPSA) is 0 Å². The third-order valence-electron chi connectivity index (χ3n) is 2.37. The Balaban J connectivity index is 1.92. The molecule has 14 heavy (non-hydrogen) atoms. The van der Waals surface area contributed by atoms with Crippen molar-refractivity contribution in [2.75, 3.05) is 5.75 Å². The molecule has 1 aliphatic rings. The fourth-order valence-electron chi connectivity index (χ4n) is 1.31. The zero-order chi connectivity index (χ0) is 9.97. The minimum atomic E-state index is 1.15. The van der Waals surface area contributed by atoms with Crippen LogP contribution in [0.3, 0.4) is 0 Å². The molecule has 1 saturated carbocycles. The summed E-state index contributed by atoms with van der Waals surface area (Å²) in [7, 11) is 0. The average Bonchev–Trinajstić information content (AvgIpc) is 3.00. The van der Waals surface area contributed by atoms with E-state index in [2.05, 4.69) is 47.1 Å². The van der Waals surface area contributed by atoms with Crippen molar-refractivity contribution in [1.82, 2.24) is 0 Å². The van der Waals surface area contributed by atoms with Gasteiger partial charge in [-0.05, 0) is 44.0 Å². The molecule has 2 rings (SSSR count). The van der Waals surface area contributed by atoms with Crippen molar-refractivity contribution in [3.8, 4) is 0 Å². The molecule has 2 heteroatoms. The Morgan fingerprint density at radius 1 is 1.29 bits per heavy atom. The van der Waals surface area contributed by atoms with Crippen LogP contribution in [0, 0.1) is 0 Å². The Hall–Kier alpha value is -0.210. The van der Waals surface area contributed by atoms with Gasteiger partial charge in [-0.1, -0.05) is 27.1 Å². The first-order valence-electron chi connectivity index (χ1n) is 4.81. The number of hydrogen-bond donors (Lipinski definition) is 0. The molecule has 0 bridgehead atoms. The van der Waals surface area contributed by atoms with Gasteiger partial charge in [-0.15, -0.1) is 11.8 Å². The molecule has 0 aliphatic heterocycles. The molecule has 1 aromatic carbocycles. The van der Waals surface area contributed by atoms with E-state index < -0.39 is 0 Å². The smallest absolute Gasteiger partial charge is 0.0190 e. The fraction of sp³-hybridized carbons (Fsp3) is 0.333. The van der Waals surface area contributed by atoms with E-state index in [0.717, 1.165) is 10.2 Å². The number of thioether (sulfide) groups is 1. The summed E-state index contributed by atoms with van der Waals surface area (Å²) in [4.78, 5) is 1.36. The summed E-state index contributed by atoms with van der Waals surface area (Å²) >= 11 is 5.37. The molecule has 0 unspecified atom stereocenters. The lowest BCUT2D eigenvalue weighted by molar-refractivity contribution is 1.35. The summed E-state index contributed by atoms with van der Waals surface area (Å²) in [5, 5.41) is 0. The molecule has 0 radical (unpaired) electrons. The van der Waals surface area contributed by atoms with Crippen LogP contribution >= 0.6 is 27.7 Å². The molecular formula is C12H13BrS. The van der Waals surface area contributed by atoms with Crippen LogP contribution < -0.4 is 0 Å². The maximum atomic E-state index is 3.44. The third-order valence-corrected chi connectivity index (χ3v) is 4.08. The van der Waals surface area contributed by atoms with E-state index in [1.54, 1.807) is 11.1 Å². The first-order chi connectivity index (χ1) is 6.75. The van der Waals surface area contributed by atoms with Crippen molar-refractivity contribution in [2.24, 2.45) is 0 Å². The lowest BCUT2D eigenvalue weighted by Gasteiger charge is -2.01. The molecule has 0 amide bonds. The van der Waals surface area contributed by atoms with E-state index in [0.29, 0.717) is 0 Å². The second-order valence-corrected chi connectivity index (χ2v) is 5.59. The Labute approximate surface area is 97.9 Å². The zero-order valence-corrected chi connectivity index (χ0v) is 10.6. The van der Waals surface area contributed by atoms with Gasteiger partial charge in [0.05, 0.1) is 0 Å². The van der Waals surface area contributed by atoms with Crippen LogP contribution in [0.4, 0.5) is 0 Å². The SMILES string of the molecule is CC(CSc1ccc(Br)cc1)=C1CC1. The minimum absolute atomic E-state index is 1.15. The minimum Gasteiger partial charge on any atom is -0.122 e. The van der Waals surface area contributed by atoms with Gasteiger partial charge in [-0.3, -0.25) is 0 Å². The van der Waals surface area contributed by atoms with Crippen LogP contribution in [0.2, 0.25) is 0 Å². The first-order valence-corrected chi connectivity index (χ1v) is 6.59. The Morgan fingerprint density at radius 3 is 2.50 bits per heavy atom. The lowest BCUT2D eigenvalue weighted by atomic mass is 10.3. The predicted molar refractivity (Wildman–Crippen MR) is 66.8 cm³/mol. The van der Waals surface area contributed by atoms with Gasteiger partial charge in [0.15, 0.2) is 0 Å². The van der Waals surface area contributed by atoms with Crippen LogP contribution in [0.5, 0.6) is 0 Å². The molecule has 0 N–H and O–H groups in total. The second-order valence-electron chi connectivity index (χ2n) is 3.63. The number of benzene rings is 1. The average molecular weight is 269 g/mol. The quantitative estimate of drug-likeness (QED) is 0.568. The third kappa shape index (κ3) is 2.89. The van der Waals surface area contributed by atoms with E-state index in [4.69, 9.17) is 0 Å². The highest BCUT2D eigenvalue weighted by Gasteiger charge is 2.14. The standard InChI is InChI=1S/C12H13BrS/c1-9(10-2-3-10)8-14-12-6-4-11(13)5-7-12/h4-7H,2-3,8H2,1H3. The Bertz CT molecular complexity index is 345. The van der Waals surface area contributed by atoms with Crippen molar-refractivity contribution in [3.63, 3.8) is 0 Å². The van der Waals surface area contributed by atoms with Crippen LogP contribution in [-0.2, 0) is 0 Å². The summed E-state index contributed by atoms with van der Waals surface area (Å²) in [5.41, 5.74) is 3.26. The highest BCUT2D eigenvalue weighted by atomic mass is 79.9. The molecule has 1 aromatic rings. The van der Waals surface area contributed by atoms with Gasteiger partial charge < -0.3 is 0 Å². The highest BCUT2D eigenvalue weighted by Crippen LogP contribution is 2.34. The van der Waals surface area contributed by atoms with E-state index in [1.165, 1.54) is 17.7 Å². The molecule has 1 aliphatic carbocycles. The van der Waals surface area contributed by atoms with Crippen molar-refractivity contribution < 1.29 is 0 Å². The van der Waals surface area contributed by atoms with E-state index >= 15 is 0 Å². The first kappa shape index (κ1) is 10.3. The molecule has 0 heterocycles. The molecular weight excluding hydrogens is 256 g/mol. The van der Waals surface area contributed by atoms with E-state index in [1.807, 2.05) is 11.8 Å². The van der Waals surface area contributed by atoms with Gasteiger partial charge in [-0.2, -0.15) is 0 Å². The summed E-state index contributed by atoms with van der Waals surface area (Å²) in [5.74, 6) is 1.15. The normalized spacial score (nSPS) is 14.3. The largest absolute Gasteiger partial charge is 0.122 e. The number of hydrogen-bond acceptors (Lipinski definition) is 1.